The Labute approximate surface area is 123 Å². The van der Waals surface area contributed by atoms with E-state index in [0.717, 1.165) is 30.6 Å². The molecular formula is C15H20FN5. The van der Waals surface area contributed by atoms with Crippen LogP contribution in [0, 0.1) is 18.7 Å². The molecule has 1 aromatic heterocycles. The summed E-state index contributed by atoms with van der Waals surface area (Å²) in [6.45, 7) is 5.71. The zero-order chi connectivity index (χ0) is 15.0. The summed E-state index contributed by atoms with van der Waals surface area (Å²) in [5.74, 6) is 1.61. The molecule has 21 heavy (non-hydrogen) atoms. The fourth-order valence-corrected chi connectivity index (χ4v) is 2.69. The molecular weight excluding hydrogens is 269 g/mol. The van der Waals surface area contributed by atoms with Gasteiger partial charge in [0.1, 0.15) is 5.82 Å². The Morgan fingerprint density at radius 1 is 1.43 bits per heavy atom. The number of piperidine rings is 1. The third kappa shape index (κ3) is 2.76. The van der Waals surface area contributed by atoms with Gasteiger partial charge in [0.15, 0.2) is 5.82 Å². The van der Waals surface area contributed by atoms with Crippen LogP contribution in [0.5, 0.6) is 0 Å². The number of hydrogen-bond acceptors (Lipinski definition) is 4. The number of aromatic amines is 1. The molecule has 3 rings (SSSR count). The van der Waals surface area contributed by atoms with Crippen LogP contribution in [0.25, 0.3) is 11.4 Å². The Balaban J connectivity index is 1.83. The maximum absolute atomic E-state index is 13.2. The van der Waals surface area contributed by atoms with Crippen LogP contribution in [0.3, 0.4) is 0 Å². The van der Waals surface area contributed by atoms with Gasteiger partial charge in [-0.1, -0.05) is 6.92 Å². The molecule has 1 saturated heterocycles. The van der Waals surface area contributed by atoms with E-state index in [0.29, 0.717) is 17.7 Å². The molecule has 1 aliphatic rings. The number of nitrogens with one attached hydrogen (secondary N) is 1. The van der Waals surface area contributed by atoms with Crippen LogP contribution in [-0.4, -0.2) is 34.3 Å². The topological polar surface area (TPSA) is 70.8 Å². The number of H-pyrrole nitrogens is 1. The molecule has 2 atom stereocenters. The molecule has 2 aromatic rings. The minimum atomic E-state index is -0.244. The zero-order valence-electron chi connectivity index (χ0n) is 12.3. The Morgan fingerprint density at radius 3 is 2.95 bits per heavy atom. The molecule has 0 amide bonds. The molecule has 1 fully saturated rings. The SMILES string of the molecule is Cc1cc(F)ccc1-c1nc(N2CCC(C)C(N)C2)n[nH]1. The lowest BCUT2D eigenvalue weighted by molar-refractivity contribution is 0.376. The molecule has 0 spiro atoms. The summed E-state index contributed by atoms with van der Waals surface area (Å²) in [7, 11) is 0. The molecule has 112 valence electrons. The summed E-state index contributed by atoms with van der Waals surface area (Å²) in [5.41, 5.74) is 7.82. The Bertz CT molecular complexity index is 639. The minimum absolute atomic E-state index is 0.147. The number of rotatable bonds is 2. The molecule has 5 nitrogen and oxygen atoms in total. The van der Waals surface area contributed by atoms with Crippen molar-refractivity contribution >= 4 is 5.95 Å². The highest BCUT2D eigenvalue weighted by atomic mass is 19.1. The van der Waals surface area contributed by atoms with Gasteiger partial charge in [-0.3, -0.25) is 5.10 Å². The molecule has 0 saturated carbocycles. The summed E-state index contributed by atoms with van der Waals surface area (Å²) in [5, 5.41) is 7.22. The number of nitrogens with zero attached hydrogens (tertiary/aromatic N) is 3. The van der Waals surface area contributed by atoms with E-state index in [2.05, 4.69) is 27.0 Å². The zero-order valence-corrected chi connectivity index (χ0v) is 12.3. The lowest BCUT2D eigenvalue weighted by Crippen LogP contribution is -2.48. The lowest BCUT2D eigenvalue weighted by Gasteiger charge is -2.34. The van der Waals surface area contributed by atoms with Crippen LogP contribution in [-0.2, 0) is 0 Å². The van der Waals surface area contributed by atoms with Crippen LogP contribution < -0.4 is 10.6 Å². The van der Waals surface area contributed by atoms with Crippen LogP contribution in [0.4, 0.5) is 10.3 Å². The smallest absolute Gasteiger partial charge is 0.245 e. The van der Waals surface area contributed by atoms with E-state index in [4.69, 9.17) is 5.73 Å². The molecule has 3 N–H and O–H groups in total. The molecule has 1 aromatic carbocycles. The summed E-state index contributed by atoms with van der Waals surface area (Å²) in [4.78, 5) is 6.64. The predicted molar refractivity (Wildman–Crippen MR) is 80.5 cm³/mol. The maximum atomic E-state index is 13.2. The van der Waals surface area contributed by atoms with Crippen LogP contribution in [0.15, 0.2) is 18.2 Å². The summed E-state index contributed by atoms with van der Waals surface area (Å²) >= 11 is 0. The van der Waals surface area contributed by atoms with Gasteiger partial charge in [0, 0.05) is 24.7 Å². The molecule has 0 bridgehead atoms. The normalized spacial score (nSPS) is 22.6. The second kappa shape index (κ2) is 5.44. The average Bonchev–Trinajstić information content (AvgIpc) is 2.91. The van der Waals surface area contributed by atoms with Crippen LogP contribution in [0.2, 0.25) is 0 Å². The van der Waals surface area contributed by atoms with E-state index in [1.54, 1.807) is 6.07 Å². The van der Waals surface area contributed by atoms with Crippen molar-refractivity contribution in [2.75, 3.05) is 18.0 Å². The second-order valence-electron chi connectivity index (χ2n) is 5.82. The van der Waals surface area contributed by atoms with Gasteiger partial charge in [-0.05, 0) is 43.0 Å². The lowest BCUT2D eigenvalue weighted by atomic mass is 9.95. The van der Waals surface area contributed by atoms with E-state index in [-0.39, 0.29) is 11.9 Å². The van der Waals surface area contributed by atoms with E-state index >= 15 is 0 Å². The van der Waals surface area contributed by atoms with Gasteiger partial charge in [-0.2, -0.15) is 4.98 Å². The first kappa shape index (κ1) is 14.0. The highest BCUT2D eigenvalue weighted by Crippen LogP contribution is 2.24. The van der Waals surface area contributed by atoms with Crippen molar-refractivity contribution in [2.45, 2.75) is 26.3 Å². The molecule has 2 heterocycles. The molecule has 0 aliphatic carbocycles. The van der Waals surface area contributed by atoms with E-state index in [1.165, 1.54) is 12.1 Å². The first-order valence-electron chi connectivity index (χ1n) is 7.24. The van der Waals surface area contributed by atoms with Gasteiger partial charge >= 0.3 is 0 Å². The van der Waals surface area contributed by atoms with Crippen molar-refractivity contribution < 1.29 is 4.39 Å². The molecule has 0 radical (unpaired) electrons. The number of aryl methyl sites for hydroxylation is 1. The summed E-state index contributed by atoms with van der Waals surface area (Å²) in [6, 6.07) is 4.80. The van der Waals surface area contributed by atoms with Crippen molar-refractivity contribution in [3.8, 4) is 11.4 Å². The van der Waals surface area contributed by atoms with Gasteiger partial charge in [0.25, 0.3) is 0 Å². The molecule has 6 heteroatoms. The first-order chi connectivity index (χ1) is 10.0. The Hall–Kier alpha value is -1.95. The summed E-state index contributed by atoms with van der Waals surface area (Å²) < 4.78 is 13.2. The number of benzene rings is 1. The average molecular weight is 289 g/mol. The fourth-order valence-electron chi connectivity index (χ4n) is 2.69. The number of halogens is 1. The van der Waals surface area contributed by atoms with Crippen LogP contribution in [0.1, 0.15) is 18.9 Å². The van der Waals surface area contributed by atoms with E-state index in [9.17, 15) is 4.39 Å². The van der Waals surface area contributed by atoms with Crippen molar-refractivity contribution in [2.24, 2.45) is 11.7 Å². The fraction of sp³-hybridized carbons (Fsp3) is 0.467. The number of nitrogens with two attached hydrogens (primary N) is 1. The minimum Gasteiger partial charge on any atom is -0.338 e. The van der Waals surface area contributed by atoms with Crippen molar-refractivity contribution in [3.63, 3.8) is 0 Å². The Kier molecular flexibility index (Phi) is 3.63. The van der Waals surface area contributed by atoms with E-state index in [1.807, 2.05) is 6.92 Å². The first-order valence-corrected chi connectivity index (χ1v) is 7.24. The molecule has 1 aliphatic heterocycles. The third-order valence-electron chi connectivity index (χ3n) is 4.22. The maximum Gasteiger partial charge on any atom is 0.245 e. The predicted octanol–water partition coefficient (Wildman–Crippen LogP) is 2.09. The largest absolute Gasteiger partial charge is 0.338 e. The van der Waals surface area contributed by atoms with Crippen molar-refractivity contribution in [3.05, 3.63) is 29.6 Å². The highest BCUT2D eigenvalue weighted by Gasteiger charge is 2.25. The van der Waals surface area contributed by atoms with Crippen molar-refractivity contribution in [1.29, 1.82) is 0 Å². The third-order valence-corrected chi connectivity index (χ3v) is 4.22. The number of aromatic nitrogens is 3. The summed E-state index contributed by atoms with van der Waals surface area (Å²) in [6.07, 6.45) is 1.04. The van der Waals surface area contributed by atoms with Gasteiger partial charge < -0.3 is 10.6 Å². The van der Waals surface area contributed by atoms with Gasteiger partial charge in [0.2, 0.25) is 5.95 Å². The quantitative estimate of drug-likeness (QED) is 0.888. The standard InChI is InChI=1S/C15H20FN5/c1-9-5-6-21(8-13(9)17)15-18-14(19-20-15)12-4-3-11(16)7-10(12)2/h3-4,7,9,13H,5-6,8,17H2,1-2H3,(H,18,19,20). The highest BCUT2D eigenvalue weighted by molar-refractivity contribution is 5.60. The van der Waals surface area contributed by atoms with Crippen LogP contribution >= 0.6 is 0 Å². The van der Waals surface area contributed by atoms with Gasteiger partial charge in [-0.25, -0.2) is 4.39 Å². The Morgan fingerprint density at radius 2 is 2.24 bits per heavy atom. The molecule has 2 unspecified atom stereocenters. The monoisotopic (exact) mass is 289 g/mol. The van der Waals surface area contributed by atoms with E-state index < -0.39 is 0 Å². The van der Waals surface area contributed by atoms with Crippen molar-refractivity contribution in [1.82, 2.24) is 15.2 Å². The van der Waals surface area contributed by atoms with Gasteiger partial charge in [0.05, 0.1) is 0 Å². The number of anilines is 1. The number of hydrogen-bond donors (Lipinski definition) is 2. The second-order valence-corrected chi connectivity index (χ2v) is 5.82. The van der Waals surface area contributed by atoms with Gasteiger partial charge in [-0.15, -0.1) is 5.10 Å².